The minimum Gasteiger partial charge on any atom is -0.409 e. The van der Waals surface area contributed by atoms with Gasteiger partial charge in [-0.15, -0.1) is 0 Å². The van der Waals surface area contributed by atoms with Gasteiger partial charge in [-0.25, -0.2) is 4.98 Å². The number of aromatic nitrogens is 2. The van der Waals surface area contributed by atoms with Gasteiger partial charge in [-0.2, -0.15) is 0 Å². The van der Waals surface area contributed by atoms with E-state index in [9.17, 15) is 0 Å². The predicted octanol–water partition coefficient (Wildman–Crippen LogP) is 1.89. The Morgan fingerprint density at radius 2 is 2.06 bits per heavy atom. The number of aryl methyl sites for hydroxylation is 2. The van der Waals surface area contributed by atoms with Crippen LogP contribution in [0.15, 0.2) is 29.7 Å². The van der Waals surface area contributed by atoms with Crippen molar-refractivity contribution >= 4 is 5.84 Å². The molecule has 5 nitrogen and oxygen atoms in total. The Labute approximate surface area is 106 Å². The second-order valence-corrected chi connectivity index (χ2v) is 4.27. The van der Waals surface area contributed by atoms with Crippen LogP contribution in [0.3, 0.4) is 0 Å². The van der Waals surface area contributed by atoms with Crippen molar-refractivity contribution in [1.82, 2.24) is 9.55 Å². The third kappa shape index (κ3) is 1.95. The number of benzene rings is 1. The van der Waals surface area contributed by atoms with Crippen molar-refractivity contribution in [3.8, 4) is 5.69 Å². The fraction of sp³-hybridized carbons (Fsp3) is 0.231. The second-order valence-electron chi connectivity index (χ2n) is 4.27. The van der Waals surface area contributed by atoms with Gasteiger partial charge in [0.2, 0.25) is 0 Å². The van der Waals surface area contributed by atoms with Crippen LogP contribution >= 0.6 is 0 Å². The number of hydrogen-bond acceptors (Lipinski definition) is 3. The molecule has 0 bridgehead atoms. The number of nitrogens with zero attached hydrogens (tertiary/aromatic N) is 3. The van der Waals surface area contributed by atoms with Crippen LogP contribution in [0.1, 0.15) is 22.5 Å². The summed E-state index contributed by atoms with van der Waals surface area (Å²) in [5, 5.41) is 11.7. The maximum atomic E-state index is 8.69. The van der Waals surface area contributed by atoms with Crippen molar-refractivity contribution in [3.63, 3.8) is 0 Å². The molecule has 0 saturated carbocycles. The average Bonchev–Trinajstić information content (AvgIpc) is 2.69. The first kappa shape index (κ1) is 12.2. The fourth-order valence-corrected chi connectivity index (χ4v) is 1.90. The van der Waals surface area contributed by atoms with Crippen LogP contribution in [0.2, 0.25) is 0 Å². The number of hydrogen-bond donors (Lipinski definition) is 2. The summed E-state index contributed by atoms with van der Waals surface area (Å²) in [6.45, 7) is 5.93. The second kappa shape index (κ2) is 4.52. The van der Waals surface area contributed by atoms with E-state index >= 15 is 0 Å². The summed E-state index contributed by atoms with van der Waals surface area (Å²) in [6, 6.07) is 5.75. The van der Waals surface area contributed by atoms with Crippen molar-refractivity contribution in [2.45, 2.75) is 20.8 Å². The Morgan fingerprint density at radius 1 is 1.33 bits per heavy atom. The molecule has 0 spiro atoms. The summed E-state index contributed by atoms with van der Waals surface area (Å²) >= 11 is 0. The van der Waals surface area contributed by atoms with E-state index in [-0.39, 0.29) is 5.84 Å². The molecule has 5 heteroatoms. The van der Waals surface area contributed by atoms with Crippen LogP contribution in [0.25, 0.3) is 5.69 Å². The van der Waals surface area contributed by atoms with Gasteiger partial charge >= 0.3 is 0 Å². The molecule has 18 heavy (non-hydrogen) atoms. The fourth-order valence-electron chi connectivity index (χ4n) is 1.90. The standard InChI is InChI=1S/C13H16N4O/c1-8-6-11(4-5-12(8)13(14)16-18)17-7-15-9(2)10(17)3/h4-7,18H,1-3H3,(H2,14,16). The van der Waals surface area contributed by atoms with E-state index in [2.05, 4.69) is 10.1 Å². The molecule has 0 saturated heterocycles. The molecule has 0 fully saturated rings. The van der Waals surface area contributed by atoms with Gasteiger partial charge in [-0.3, -0.25) is 0 Å². The summed E-state index contributed by atoms with van der Waals surface area (Å²) < 4.78 is 2.01. The van der Waals surface area contributed by atoms with Crippen LogP contribution in [0.5, 0.6) is 0 Å². The molecule has 2 rings (SSSR count). The molecular formula is C13H16N4O. The molecule has 0 aliphatic carbocycles. The normalized spacial score (nSPS) is 11.8. The highest BCUT2D eigenvalue weighted by Gasteiger charge is 2.08. The Kier molecular flexibility index (Phi) is 3.06. The van der Waals surface area contributed by atoms with Gasteiger partial charge in [0.1, 0.15) is 0 Å². The van der Waals surface area contributed by atoms with Gasteiger partial charge in [0.05, 0.1) is 12.0 Å². The molecule has 94 valence electrons. The lowest BCUT2D eigenvalue weighted by atomic mass is 10.1. The number of oxime groups is 1. The smallest absolute Gasteiger partial charge is 0.170 e. The Hall–Kier alpha value is -2.30. The van der Waals surface area contributed by atoms with E-state index in [0.29, 0.717) is 0 Å². The Balaban J connectivity index is 2.50. The van der Waals surface area contributed by atoms with Crippen molar-refractivity contribution in [1.29, 1.82) is 0 Å². The number of amidine groups is 1. The third-order valence-corrected chi connectivity index (χ3v) is 3.12. The first-order valence-corrected chi connectivity index (χ1v) is 5.64. The molecule has 0 atom stereocenters. The van der Waals surface area contributed by atoms with Crippen LogP contribution in [-0.2, 0) is 0 Å². The van der Waals surface area contributed by atoms with Gasteiger partial charge in [-0.05, 0) is 44.5 Å². The maximum Gasteiger partial charge on any atom is 0.170 e. The lowest BCUT2D eigenvalue weighted by molar-refractivity contribution is 0.318. The van der Waals surface area contributed by atoms with Gasteiger partial charge in [0.25, 0.3) is 0 Å². The van der Waals surface area contributed by atoms with Gasteiger partial charge in [0, 0.05) is 16.9 Å². The van der Waals surface area contributed by atoms with Gasteiger partial charge in [0.15, 0.2) is 5.84 Å². The van der Waals surface area contributed by atoms with Crippen molar-refractivity contribution in [3.05, 3.63) is 47.0 Å². The van der Waals surface area contributed by atoms with Gasteiger partial charge < -0.3 is 15.5 Å². The number of rotatable bonds is 2. The number of imidazole rings is 1. The van der Waals surface area contributed by atoms with Crippen molar-refractivity contribution < 1.29 is 5.21 Å². The third-order valence-electron chi connectivity index (χ3n) is 3.12. The number of nitrogens with two attached hydrogens (primary N) is 1. The predicted molar refractivity (Wildman–Crippen MR) is 70.3 cm³/mol. The highest BCUT2D eigenvalue weighted by molar-refractivity contribution is 5.98. The van der Waals surface area contributed by atoms with E-state index < -0.39 is 0 Å². The Morgan fingerprint density at radius 3 is 2.56 bits per heavy atom. The summed E-state index contributed by atoms with van der Waals surface area (Å²) in [5.41, 5.74) is 10.4. The van der Waals surface area contributed by atoms with E-state index in [0.717, 1.165) is 28.2 Å². The molecule has 0 aliphatic heterocycles. The molecule has 0 radical (unpaired) electrons. The SMILES string of the molecule is Cc1cc(-n2cnc(C)c2C)ccc1/C(N)=N/O. The zero-order valence-electron chi connectivity index (χ0n) is 10.7. The topological polar surface area (TPSA) is 76.4 Å². The minimum atomic E-state index is 0.123. The average molecular weight is 244 g/mol. The molecule has 3 N–H and O–H groups in total. The largest absolute Gasteiger partial charge is 0.409 e. The highest BCUT2D eigenvalue weighted by atomic mass is 16.4. The molecule has 1 heterocycles. The van der Waals surface area contributed by atoms with E-state index in [1.54, 1.807) is 6.33 Å². The molecule has 1 aromatic carbocycles. The molecule has 0 aliphatic rings. The molecule has 0 unspecified atom stereocenters. The first-order valence-electron chi connectivity index (χ1n) is 5.64. The van der Waals surface area contributed by atoms with Crippen LogP contribution in [0.4, 0.5) is 0 Å². The summed E-state index contributed by atoms with van der Waals surface area (Å²) in [7, 11) is 0. The monoisotopic (exact) mass is 244 g/mol. The molecular weight excluding hydrogens is 228 g/mol. The molecule has 2 aromatic rings. The van der Waals surface area contributed by atoms with Crippen molar-refractivity contribution in [2.24, 2.45) is 10.9 Å². The van der Waals surface area contributed by atoms with Crippen LogP contribution in [-0.4, -0.2) is 20.6 Å². The lowest BCUT2D eigenvalue weighted by Crippen LogP contribution is -2.14. The van der Waals surface area contributed by atoms with Crippen molar-refractivity contribution in [2.75, 3.05) is 0 Å². The molecule has 0 amide bonds. The van der Waals surface area contributed by atoms with E-state index in [1.165, 1.54) is 0 Å². The summed E-state index contributed by atoms with van der Waals surface area (Å²) in [6.07, 6.45) is 1.79. The first-order chi connectivity index (χ1) is 8.54. The maximum absolute atomic E-state index is 8.69. The highest BCUT2D eigenvalue weighted by Crippen LogP contribution is 2.17. The van der Waals surface area contributed by atoms with E-state index in [1.807, 2.05) is 43.5 Å². The van der Waals surface area contributed by atoms with Crippen LogP contribution < -0.4 is 5.73 Å². The Bertz CT molecular complexity index is 613. The lowest BCUT2D eigenvalue weighted by Gasteiger charge is -2.09. The van der Waals surface area contributed by atoms with Crippen LogP contribution in [0, 0.1) is 20.8 Å². The quantitative estimate of drug-likeness (QED) is 0.366. The summed E-state index contributed by atoms with van der Waals surface area (Å²) in [4.78, 5) is 4.27. The summed E-state index contributed by atoms with van der Waals surface area (Å²) in [5.74, 6) is 0.123. The zero-order chi connectivity index (χ0) is 13.3. The zero-order valence-corrected chi connectivity index (χ0v) is 10.7. The van der Waals surface area contributed by atoms with Gasteiger partial charge in [-0.1, -0.05) is 5.16 Å². The minimum absolute atomic E-state index is 0.123. The molecule has 1 aromatic heterocycles. The van der Waals surface area contributed by atoms with E-state index in [4.69, 9.17) is 10.9 Å².